The molecule has 0 saturated heterocycles. The quantitative estimate of drug-likeness (QED) is 0.221. The van der Waals surface area contributed by atoms with Crippen LogP contribution in [0.2, 0.25) is 0 Å². The molecule has 9 heteroatoms. The average molecular weight is 395 g/mol. The van der Waals surface area contributed by atoms with E-state index in [1.807, 2.05) is 0 Å². The van der Waals surface area contributed by atoms with Gasteiger partial charge in [0.05, 0.1) is 30.8 Å². The first kappa shape index (κ1) is 19.6. The number of rotatable bonds is 6. The van der Waals surface area contributed by atoms with E-state index >= 15 is 0 Å². The van der Waals surface area contributed by atoms with Crippen LogP contribution in [0.3, 0.4) is 0 Å². The molecule has 0 amide bonds. The standard InChI is InChI=1S/C20H14FN3O5/c1-28-18-6-11(17(24(26)27)8-19(18)29-2)5-12(9-22)20(25)15-10-23-16-7-13(21)3-4-14(15)16/h3-8,10,23H,1-2H3/b12-5-. The van der Waals surface area contributed by atoms with Crippen molar-refractivity contribution in [2.45, 2.75) is 0 Å². The number of Topliss-reactive ketones (excluding diaryl/α,β-unsaturated/α-hetero) is 1. The van der Waals surface area contributed by atoms with Crippen LogP contribution in [0.4, 0.5) is 10.1 Å². The molecule has 146 valence electrons. The maximum Gasteiger partial charge on any atom is 0.280 e. The van der Waals surface area contributed by atoms with E-state index in [9.17, 15) is 24.6 Å². The van der Waals surface area contributed by atoms with Gasteiger partial charge in [0, 0.05) is 22.7 Å². The van der Waals surface area contributed by atoms with Crippen molar-refractivity contribution in [2.75, 3.05) is 14.2 Å². The molecule has 1 heterocycles. The smallest absolute Gasteiger partial charge is 0.280 e. The van der Waals surface area contributed by atoms with Crippen molar-refractivity contribution in [3.8, 4) is 17.6 Å². The number of ketones is 1. The van der Waals surface area contributed by atoms with Crippen LogP contribution in [-0.4, -0.2) is 29.9 Å². The number of fused-ring (bicyclic) bond motifs is 1. The van der Waals surface area contributed by atoms with Crippen LogP contribution in [0.1, 0.15) is 15.9 Å². The van der Waals surface area contributed by atoms with Crippen LogP contribution < -0.4 is 9.47 Å². The normalized spacial score (nSPS) is 11.2. The third-order valence-corrected chi connectivity index (χ3v) is 4.28. The largest absolute Gasteiger partial charge is 0.493 e. The summed E-state index contributed by atoms with van der Waals surface area (Å²) in [5, 5.41) is 21.4. The molecule has 0 spiro atoms. The number of nitrogens with zero attached hydrogens (tertiary/aromatic N) is 2. The Morgan fingerprint density at radius 2 is 1.93 bits per heavy atom. The minimum absolute atomic E-state index is 0.00318. The minimum Gasteiger partial charge on any atom is -0.493 e. The Morgan fingerprint density at radius 3 is 2.55 bits per heavy atom. The molecule has 2 aromatic carbocycles. The predicted octanol–water partition coefficient (Wildman–Crippen LogP) is 4.02. The maximum absolute atomic E-state index is 13.4. The van der Waals surface area contributed by atoms with Gasteiger partial charge in [0.25, 0.3) is 5.69 Å². The molecule has 0 bridgehead atoms. The summed E-state index contributed by atoms with van der Waals surface area (Å²) in [5.41, 5.74) is -0.142. The van der Waals surface area contributed by atoms with Crippen LogP contribution >= 0.6 is 0 Å². The van der Waals surface area contributed by atoms with Crippen LogP contribution in [-0.2, 0) is 0 Å². The Bertz CT molecular complexity index is 1210. The van der Waals surface area contributed by atoms with Crippen LogP contribution in [0.15, 0.2) is 42.1 Å². The van der Waals surface area contributed by atoms with Crippen molar-refractivity contribution in [2.24, 2.45) is 0 Å². The van der Waals surface area contributed by atoms with Gasteiger partial charge in [0.1, 0.15) is 17.5 Å². The number of methoxy groups -OCH3 is 2. The summed E-state index contributed by atoms with van der Waals surface area (Å²) in [6.45, 7) is 0. The summed E-state index contributed by atoms with van der Waals surface area (Å²) in [5.74, 6) is -0.790. The number of hydrogen-bond donors (Lipinski definition) is 1. The van der Waals surface area contributed by atoms with E-state index in [0.717, 1.165) is 12.1 Å². The Kier molecular flexibility index (Phi) is 5.27. The Hall–Kier alpha value is -4.19. The number of nitro groups is 1. The number of halogens is 1. The summed E-state index contributed by atoms with van der Waals surface area (Å²) >= 11 is 0. The Labute approximate surface area is 163 Å². The van der Waals surface area contributed by atoms with E-state index in [2.05, 4.69) is 4.98 Å². The number of nitro benzene ring substituents is 1. The van der Waals surface area contributed by atoms with Crippen LogP contribution in [0.25, 0.3) is 17.0 Å². The van der Waals surface area contributed by atoms with E-state index in [-0.39, 0.29) is 33.9 Å². The SMILES string of the molecule is COc1cc(/C=C(/C#N)C(=O)c2c[nH]c3cc(F)ccc23)c([N+](=O)[O-])cc1OC. The maximum atomic E-state index is 13.4. The van der Waals surface area contributed by atoms with Crippen molar-refractivity contribution in [1.29, 1.82) is 5.26 Å². The molecule has 29 heavy (non-hydrogen) atoms. The molecule has 1 aromatic heterocycles. The fourth-order valence-electron chi connectivity index (χ4n) is 2.89. The molecule has 0 atom stereocenters. The first-order valence-corrected chi connectivity index (χ1v) is 8.23. The lowest BCUT2D eigenvalue weighted by molar-refractivity contribution is -0.385. The first-order chi connectivity index (χ1) is 13.9. The number of carbonyl (C=O) groups is 1. The highest BCUT2D eigenvalue weighted by molar-refractivity contribution is 6.20. The van der Waals surface area contributed by atoms with Crippen molar-refractivity contribution in [3.63, 3.8) is 0 Å². The second-order valence-electron chi connectivity index (χ2n) is 5.91. The fourth-order valence-corrected chi connectivity index (χ4v) is 2.89. The van der Waals surface area contributed by atoms with Gasteiger partial charge < -0.3 is 14.5 Å². The third-order valence-electron chi connectivity index (χ3n) is 4.28. The zero-order chi connectivity index (χ0) is 21.1. The summed E-state index contributed by atoms with van der Waals surface area (Å²) in [6.07, 6.45) is 2.48. The predicted molar refractivity (Wildman–Crippen MR) is 102 cm³/mol. The van der Waals surface area contributed by atoms with Gasteiger partial charge in [-0.25, -0.2) is 4.39 Å². The van der Waals surface area contributed by atoms with Gasteiger partial charge in [0.2, 0.25) is 5.78 Å². The lowest BCUT2D eigenvalue weighted by atomic mass is 10.0. The average Bonchev–Trinajstić information content (AvgIpc) is 3.13. The first-order valence-electron chi connectivity index (χ1n) is 8.23. The Balaban J connectivity index is 2.13. The number of allylic oxidation sites excluding steroid dienone is 1. The van der Waals surface area contributed by atoms with E-state index in [1.165, 1.54) is 44.7 Å². The topological polar surface area (TPSA) is 118 Å². The molecule has 0 aliphatic heterocycles. The second-order valence-corrected chi connectivity index (χ2v) is 5.91. The summed E-state index contributed by atoms with van der Waals surface area (Å²) in [4.78, 5) is 26.4. The van der Waals surface area contributed by atoms with Gasteiger partial charge in [-0.2, -0.15) is 5.26 Å². The number of benzene rings is 2. The van der Waals surface area contributed by atoms with E-state index in [1.54, 1.807) is 6.07 Å². The molecule has 3 aromatic rings. The molecule has 3 rings (SSSR count). The molecule has 0 unspecified atom stereocenters. The highest BCUT2D eigenvalue weighted by Crippen LogP contribution is 2.36. The van der Waals surface area contributed by atoms with Gasteiger partial charge in [-0.05, 0) is 30.3 Å². The summed E-state index contributed by atoms with van der Waals surface area (Å²) in [7, 11) is 2.69. The lowest BCUT2D eigenvalue weighted by Crippen LogP contribution is -2.02. The third kappa shape index (κ3) is 3.64. The number of aromatic nitrogens is 1. The van der Waals surface area contributed by atoms with Gasteiger partial charge in [-0.3, -0.25) is 14.9 Å². The van der Waals surface area contributed by atoms with Gasteiger partial charge in [-0.1, -0.05) is 0 Å². The number of H-pyrrole nitrogens is 1. The van der Waals surface area contributed by atoms with Crippen LogP contribution in [0, 0.1) is 27.3 Å². The highest BCUT2D eigenvalue weighted by Gasteiger charge is 2.22. The van der Waals surface area contributed by atoms with Gasteiger partial charge >= 0.3 is 0 Å². The minimum atomic E-state index is -0.658. The summed E-state index contributed by atoms with van der Waals surface area (Å²) in [6, 6.07) is 8.08. The Morgan fingerprint density at radius 1 is 1.24 bits per heavy atom. The molecule has 0 aliphatic carbocycles. The number of nitrogens with one attached hydrogen (secondary N) is 1. The van der Waals surface area contributed by atoms with E-state index < -0.39 is 16.5 Å². The zero-order valence-corrected chi connectivity index (χ0v) is 15.4. The zero-order valence-electron chi connectivity index (χ0n) is 15.4. The van der Waals surface area contributed by atoms with Crippen molar-refractivity contribution < 1.29 is 23.6 Å². The number of ether oxygens (including phenoxy) is 2. The number of nitriles is 1. The summed E-state index contributed by atoms with van der Waals surface area (Å²) < 4.78 is 23.6. The van der Waals surface area contributed by atoms with Gasteiger partial charge in [-0.15, -0.1) is 0 Å². The fraction of sp³-hybridized carbons (Fsp3) is 0.100. The monoisotopic (exact) mass is 395 g/mol. The molecular formula is C20H14FN3O5. The number of aromatic amines is 1. The highest BCUT2D eigenvalue weighted by atomic mass is 19.1. The van der Waals surface area contributed by atoms with E-state index in [4.69, 9.17) is 9.47 Å². The van der Waals surface area contributed by atoms with Crippen molar-refractivity contribution in [3.05, 3.63) is 69.2 Å². The molecule has 0 aliphatic rings. The van der Waals surface area contributed by atoms with Gasteiger partial charge in [0.15, 0.2) is 11.5 Å². The molecule has 0 fully saturated rings. The lowest BCUT2D eigenvalue weighted by Gasteiger charge is -2.09. The number of hydrogen-bond acceptors (Lipinski definition) is 6. The molecule has 0 radical (unpaired) electrons. The number of carbonyl (C=O) groups excluding carboxylic acids is 1. The molecule has 0 saturated carbocycles. The van der Waals surface area contributed by atoms with Crippen LogP contribution in [0.5, 0.6) is 11.5 Å². The molecular weight excluding hydrogens is 381 g/mol. The van der Waals surface area contributed by atoms with Crippen molar-refractivity contribution >= 4 is 28.4 Å². The second kappa shape index (κ2) is 7.82. The van der Waals surface area contributed by atoms with Crippen molar-refractivity contribution in [1.82, 2.24) is 4.98 Å². The molecule has 8 nitrogen and oxygen atoms in total. The van der Waals surface area contributed by atoms with E-state index in [0.29, 0.717) is 10.9 Å². The molecule has 1 N–H and O–H groups in total.